The van der Waals surface area contributed by atoms with Gasteiger partial charge < -0.3 is 29.9 Å². The first kappa shape index (κ1) is 27.8. The summed E-state index contributed by atoms with van der Waals surface area (Å²) < 4.78 is 43.0. The molecule has 3 aliphatic heterocycles. The molecule has 2 fully saturated rings. The highest BCUT2D eigenvalue weighted by Gasteiger charge is 2.30. The predicted molar refractivity (Wildman–Crippen MR) is 146 cm³/mol. The number of piperazine rings is 1. The number of pyridine rings is 1. The molecule has 1 aromatic heterocycles. The topological polar surface area (TPSA) is 92.0 Å². The van der Waals surface area contributed by atoms with Crippen LogP contribution < -0.4 is 15.8 Å². The second kappa shape index (κ2) is 11.4. The Labute approximate surface area is 230 Å². The maximum Gasteiger partial charge on any atom is 0.320 e. The molecule has 40 heavy (non-hydrogen) atoms. The third-order valence-corrected chi connectivity index (χ3v) is 7.98. The number of halogens is 3. The average molecular weight is 559 g/mol. The maximum absolute atomic E-state index is 15.7. The molecule has 12 heteroatoms. The van der Waals surface area contributed by atoms with Crippen molar-refractivity contribution in [1.29, 1.82) is 0 Å². The fourth-order valence-electron chi connectivity index (χ4n) is 5.50. The van der Waals surface area contributed by atoms with Crippen molar-refractivity contribution in [3.63, 3.8) is 0 Å². The van der Waals surface area contributed by atoms with Gasteiger partial charge in [0.15, 0.2) is 0 Å². The molecule has 3 aliphatic rings. The molecule has 0 saturated carbocycles. The predicted octanol–water partition coefficient (Wildman–Crippen LogP) is 3.76. The minimum atomic E-state index is -3.03. The third kappa shape index (κ3) is 5.58. The van der Waals surface area contributed by atoms with Gasteiger partial charge in [0.1, 0.15) is 5.82 Å². The van der Waals surface area contributed by atoms with Crippen molar-refractivity contribution in [2.45, 2.75) is 32.2 Å². The van der Waals surface area contributed by atoms with Crippen molar-refractivity contribution in [3.05, 3.63) is 63.3 Å². The number of nitrogens with one attached hydrogen (secondary N) is 2. The van der Waals surface area contributed by atoms with E-state index in [2.05, 4.69) is 15.2 Å². The lowest BCUT2D eigenvalue weighted by Crippen LogP contribution is -2.50. The van der Waals surface area contributed by atoms with Gasteiger partial charge in [-0.15, -0.1) is 0 Å². The number of likely N-dealkylation sites (tertiary alicyclic amines) is 1. The normalized spacial score (nSPS) is 19.9. The number of benzene rings is 1. The van der Waals surface area contributed by atoms with Crippen LogP contribution >= 0.6 is 0 Å². The summed E-state index contributed by atoms with van der Waals surface area (Å²) in [5.41, 5.74) is -0.279. The second-order valence-corrected chi connectivity index (χ2v) is 10.6. The number of amides is 3. The summed E-state index contributed by atoms with van der Waals surface area (Å²) in [7, 11) is 2.00. The van der Waals surface area contributed by atoms with E-state index in [1.54, 1.807) is 15.9 Å². The van der Waals surface area contributed by atoms with Crippen LogP contribution in [-0.4, -0.2) is 90.5 Å². The fraction of sp³-hybridized carbons (Fsp3) is 0.464. The van der Waals surface area contributed by atoms with Crippen molar-refractivity contribution in [1.82, 2.24) is 19.7 Å². The standard InChI is InChI=1S/C28H33F3N6O3/c1-17-15-36(10-9-34(17)2)24-13-22(29)19(18-5-8-37(16-18)28(40)35-6-3-4-7-35)11-23(24)33-27(39)21-14-32-25(38)12-20(21)26(30)31/h5,11-14,17,26H,3-4,6-10,15-16H2,1-2H3,(H,32,38)(H,33,39)/t17-/m0/s1. The molecule has 0 aliphatic carbocycles. The molecule has 1 atom stereocenters. The Morgan fingerprint density at radius 3 is 2.52 bits per heavy atom. The maximum atomic E-state index is 15.7. The molecule has 1 aromatic carbocycles. The van der Waals surface area contributed by atoms with Crippen LogP contribution in [-0.2, 0) is 0 Å². The number of nitrogens with zero attached hydrogens (tertiary/aromatic N) is 4. The molecule has 2 aromatic rings. The Morgan fingerprint density at radius 1 is 1.07 bits per heavy atom. The summed E-state index contributed by atoms with van der Waals surface area (Å²) in [6.45, 7) is 5.88. The van der Waals surface area contributed by atoms with E-state index >= 15 is 4.39 Å². The van der Waals surface area contributed by atoms with E-state index in [4.69, 9.17) is 0 Å². The van der Waals surface area contributed by atoms with E-state index in [9.17, 15) is 23.2 Å². The van der Waals surface area contributed by atoms with E-state index in [0.29, 0.717) is 56.6 Å². The Hall–Kier alpha value is -3.80. The monoisotopic (exact) mass is 558 g/mol. The number of aromatic amines is 1. The number of alkyl halides is 2. The number of hydrogen-bond acceptors (Lipinski definition) is 5. The number of urea groups is 1. The van der Waals surface area contributed by atoms with Crippen LogP contribution in [0.2, 0.25) is 0 Å². The number of carbonyl (C=O) groups is 2. The van der Waals surface area contributed by atoms with Gasteiger partial charge in [-0.05, 0) is 44.5 Å². The number of hydrogen-bond donors (Lipinski definition) is 2. The Kier molecular flexibility index (Phi) is 7.88. The van der Waals surface area contributed by atoms with E-state index in [0.717, 1.165) is 19.0 Å². The van der Waals surface area contributed by atoms with Gasteiger partial charge in [0.2, 0.25) is 5.56 Å². The lowest BCUT2D eigenvalue weighted by Gasteiger charge is -2.39. The number of rotatable bonds is 5. The third-order valence-electron chi connectivity index (χ3n) is 7.98. The highest BCUT2D eigenvalue weighted by molar-refractivity contribution is 6.07. The van der Waals surface area contributed by atoms with Crippen molar-refractivity contribution in [2.75, 3.05) is 63.1 Å². The fourth-order valence-corrected chi connectivity index (χ4v) is 5.50. The first-order valence-electron chi connectivity index (χ1n) is 13.5. The zero-order valence-electron chi connectivity index (χ0n) is 22.6. The summed E-state index contributed by atoms with van der Waals surface area (Å²) in [5.74, 6) is -1.35. The van der Waals surface area contributed by atoms with Crippen LogP contribution in [0.5, 0.6) is 0 Å². The zero-order valence-corrected chi connectivity index (χ0v) is 22.6. The first-order chi connectivity index (χ1) is 19.1. The lowest BCUT2D eigenvalue weighted by atomic mass is 10.0. The second-order valence-electron chi connectivity index (χ2n) is 10.6. The molecular formula is C28H33F3N6O3. The van der Waals surface area contributed by atoms with Crippen molar-refractivity contribution < 1.29 is 22.8 Å². The van der Waals surface area contributed by atoms with E-state index in [-0.39, 0.29) is 35.4 Å². The molecule has 0 unspecified atom stereocenters. The van der Waals surface area contributed by atoms with Gasteiger partial charge in [-0.1, -0.05) is 6.08 Å². The first-order valence-corrected chi connectivity index (χ1v) is 13.5. The van der Waals surface area contributed by atoms with Crippen LogP contribution in [0, 0.1) is 5.82 Å². The van der Waals surface area contributed by atoms with E-state index < -0.39 is 29.3 Å². The zero-order chi connectivity index (χ0) is 28.6. The van der Waals surface area contributed by atoms with Gasteiger partial charge >= 0.3 is 6.03 Å². The molecule has 4 heterocycles. The number of H-pyrrole nitrogens is 1. The summed E-state index contributed by atoms with van der Waals surface area (Å²) >= 11 is 0. The van der Waals surface area contributed by atoms with Crippen LogP contribution in [0.4, 0.5) is 29.3 Å². The molecule has 9 nitrogen and oxygen atoms in total. The van der Waals surface area contributed by atoms with E-state index in [1.807, 2.05) is 18.9 Å². The van der Waals surface area contributed by atoms with Crippen molar-refractivity contribution in [3.8, 4) is 0 Å². The highest BCUT2D eigenvalue weighted by Crippen LogP contribution is 2.36. The molecule has 3 amide bonds. The van der Waals surface area contributed by atoms with Gasteiger partial charge in [-0.3, -0.25) is 9.59 Å². The van der Waals surface area contributed by atoms with Crippen LogP contribution in [0.3, 0.4) is 0 Å². The van der Waals surface area contributed by atoms with Crippen LogP contribution in [0.25, 0.3) is 5.57 Å². The molecule has 2 N–H and O–H groups in total. The molecular weight excluding hydrogens is 525 g/mol. The lowest BCUT2D eigenvalue weighted by molar-refractivity contribution is 0.101. The molecule has 0 spiro atoms. The largest absolute Gasteiger partial charge is 0.367 e. The summed E-state index contributed by atoms with van der Waals surface area (Å²) in [4.78, 5) is 47.6. The number of anilines is 2. The number of likely N-dealkylation sites (N-methyl/N-ethyl adjacent to an activating group) is 1. The van der Waals surface area contributed by atoms with Gasteiger partial charge in [-0.25, -0.2) is 18.0 Å². The Balaban J connectivity index is 1.47. The quantitative estimate of drug-likeness (QED) is 0.583. The summed E-state index contributed by atoms with van der Waals surface area (Å²) in [6.07, 6.45) is 1.65. The molecule has 0 radical (unpaired) electrons. The molecule has 5 rings (SSSR count). The SMILES string of the molecule is C[C@H]1CN(c2cc(F)c(C3=CCN(C(=O)N4CCCC4)C3)cc2NC(=O)c2c[nH]c(=O)cc2C(F)F)CCN1C. The van der Waals surface area contributed by atoms with Gasteiger partial charge in [0.25, 0.3) is 12.3 Å². The summed E-state index contributed by atoms with van der Waals surface area (Å²) in [5, 5.41) is 2.70. The van der Waals surface area contributed by atoms with Crippen LogP contribution in [0.1, 0.15) is 47.7 Å². The van der Waals surface area contributed by atoms with Gasteiger partial charge in [-0.2, -0.15) is 0 Å². The number of aromatic nitrogens is 1. The molecule has 214 valence electrons. The average Bonchev–Trinajstić information content (AvgIpc) is 3.63. The van der Waals surface area contributed by atoms with Gasteiger partial charge in [0, 0.05) is 75.2 Å². The number of carbonyl (C=O) groups excluding carboxylic acids is 2. The van der Waals surface area contributed by atoms with Crippen LogP contribution in [0.15, 0.2) is 35.3 Å². The van der Waals surface area contributed by atoms with Crippen molar-refractivity contribution >= 4 is 28.9 Å². The highest BCUT2D eigenvalue weighted by atomic mass is 19.3. The minimum Gasteiger partial charge on any atom is -0.367 e. The van der Waals surface area contributed by atoms with Crippen molar-refractivity contribution in [2.24, 2.45) is 0 Å². The Morgan fingerprint density at radius 2 is 1.82 bits per heavy atom. The smallest absolute Gasteiger partial charge is 0.320 e. The molecule has 2 saturated heterocycles. The van der Waals surface area contributed by atoms with E-state index in [1.165, 1.54) is 12.1 Å². The minimum absolute atomic E-state index is 0.0849. The van der Waals surface area contributed by atoms with Gasteiger partial charge in [0.05, 0.1) is 16.9 Å². The Bertz CT molecular complexity index is 1390. The molecule has 0 bridgehead atoms. The summed E-state index contributed by atoms with van der Waals surface area (Å²) in [6, 6.07) is 3.64.